The van der Waals surface area contributed by atoms with Crippen LogP contribution in [0.5, 0.6) is 0 Å². The molecule has 100 valence electrons. The molecule has 0 bridgehead atoms. The molecular weight excluding hydrogens is 303 g/mol. The second-order valence-electron chi connectivity index (χ2n) is 4.37. The SMILES string of the molecule is O=C1c2ccccc2C(=O)c2cc(S(=O)(=O)[O-])ccc21.[Na+]. The molecular formula is C14H7NaO5S. The smallest absolute Gasteiger partial charge is 0.744 e. The predicted molar refractivity (Wildman–Crippen MR) is 67.7 cm³/mol. The molecule has 7 heteroatoms. The van der Waals surface area contributed by atoms with Crippen molar-refractivity contribution in [2.45, 2.75) is 4.90 Å². The minimum Gasteiger partial charge on any atom is -0.744 e. The summed E-state index contributed by atoms with van der Waals surface area (Å²) in [4.78, 5) is 24.0. The van der Waals surface area contributed by atoms with E-state index in [-0.39, 0.29) is 57.6 Å². The van der Waals surface area contributed by atoms with Crippen LogP contribution in [0, 0.1) is 0 Å². The van der Waals surface area contributed by atoms with Crippen molar-refractivity contribution in [1.82, 2.24) is 0 Å². The summed E-state index contributed by atoms with van der Waals surface area (Å²) in [5, 5.41) is 0. The maximum absolute atomic E-state index is 12.3. The zero-order valence-electron chi connectivity index (χ0n) is 11.0. The van der Waals surface area contributed by atoms with Crippen molar-refractivity contribution in [2.75, 3.05) is 0 Å². The van der Waals surface area contributed by atoms with Gasteiger partial charge in [-0.2, -0.15) is 0 Å². The molecule has 0 atom stereocenters. The minimum atomic E-state index is -4.67. The molecule has 0 radical (unpaired) electrons. The number of hydrogen-bond donors (Lipinski definition) is 0. The second kappa shape index (κ2) is 5.47. The molecule has 2 aromatic rings. The first-order valence-electron chi connectivity index (χ1n) is 5.68. The van der Waals surface area contributed by atoms with Gasteiger partial charge in [-0.1, -0.05) is 24.3 Å². The number of carbonyl (C=O) groups is 2. The molecule has 2 aromatic carbocycles. The van der Waals surface area contributed by atoms with Crippen molar-refractivity contribution in [3.8, 4) is 0 Å². The van der Waals surface area contributed by atoms with E-state index in [0.29, 0.717) is 0 Å². The van der Waals surface area contributed by atoms with Crippen LogP contribution in [0.2, 0.25) is 0 Å². The van der Waals surface area contributed by atoms with Gasteiger partial charge in [0.2, 0.25) is 0 Å². The second-order valence-corrected chi connectivity index (χ2v) is 5.74. The monoisotopic (exact) mass is 310 g/mol. The number of fused-ring (bicyclic) bond motifs is 2. The molecule has 1 aliphatic carbocycles. The van der Waals surface area contributed by atoms with Crippen molar-refractivity contribution in [3.05, 3.63) is 64.7 Å². The van der Waals surface area contributed by atoms with E-state index in [1.807, 2.05) is 0 Å². The van der Waals surface area contributed by atoms with E-state index >= 15 is 0 Å². The first-order chi connectivity index (χ1) is 9.39. The van der Waals surface area contributed by atoms with Crippen LogP contribution >= 0.6 is 0 Å². The van der Waals surface area contributed by atoms with Gasteiger partial charge < -0.3 is 4.55 Å². The molecule has 21 heavy (non-hydrogen) atoms. The Hall–Kier alpha value is -1.31. The fraction of sp³-hybridized carbons (Fsp3) is 0. The zero-order valence-corrected chi connectivity index (χ0v) is 13.8. The Morgan fingerprint density at radius 3 is 1.76 bits per heavy atom. The largest absolute Gasteiger partial charge is 1.00 e. The molecule has 3 rings (SSSR count). The van der Waals surface area contributed by atoms with Crippen molar-refractivity contribution in [2.24, 2.45) is 0 Å². The molecule has 0 N–H and O–H groups in total. The summed E-state index contributed by atoms with van der Waals surface area (Å²) >= 11 is 0. The summed E-state index contributed by atoms with van der Waals surface area (Å²) in [7, 11) is -4.67. The summed E-state index contributed by atoms with van der Waals surface area (Å²) in [5.74, 6) is -0.814. The summed E-state index contributed by atoms with van der Waals surface area (Å²) in [6, 6.07) is 9.51. The van der Waals surface area contributed by atoms with Gasteiger partial charge in [-0.3, -0.25) is 9.59 Å². The maximum atomic E-state index is 12.3. The maximum Gasteiger partial charge on any atom is 1.00 e. The molecule has 0 heterocycles. The van der Waals surface area contributed by atoms with E-state index in [4.69, 9.17) is 0 Å². The van der Waals surface area contributed by atoms with E-state index in [1.54, 1.807) is 12.1 Å². The molecule has 0 saturated heterocycles. The van der Waals surface area contributed by atoms with Crippen molar-refractivity contribution >= 4 is 21.7 Å². The summed E-state index contributed by atoms with van der Waals surface area (Å²) < 4.78 is 33.0. The molecule has 5 nitrogen and oxygen atoms in total. The van der Waals surface area contributed by atoms with Crippen LogP contribution in [-0.4, -0.2) is 24.5 Å². The average Bonchev–Trinajstić information content (AvgIpc) is 2.43. The van der Waals surface area contributed by atoms with Gasteiger partial charge in [-0.15, -0.1) is 0 Å². The number of hydrogen-bond acceptors (Lipinski definition) is 5. The molecule has 0 amide bonds. The van der Waals surface area contributed by atoms with Crippen LogP contribution in [0.1, 0.15) is 31.8 Å². The van der Waals surface area contributed by atoms with Gasteiger partial charge in [-0.05, 0) is 18.2 Å². The van der Waals surface area contributed by atoms with Crippen molar-refractivity contribution in [3.63, 3.8) is 0 Å². The van der Waals surface area contributed by atoms with Crippen LogP contribution in [0.4, 0.5) is 0 Å². The van der Waals surface area contributed by atoms with Crippen LogP contribution in [-0.2, 0) is 10.1 Å². The van der Waals surface area contributed by atoms with E-state index in [9.17, 15) is 22.6 Å². The standard InChI is InChI=1S/C14H8O5S.Na/c15-13-9-3-1-2-4-10(9)14(16)12-7-8(20(17,18)19)5-6-11(12)13;/h1-7H,(H,17,18,19);/q;+1/p-1. The van der Waals surface area contributed by atoms with Crippen LogP contribution in [0.25, 0.3) is 0 Å². The molecule has 0 saturated carbocycles. The number of benzene rings is 2. The third-order valence-electron chi connectivity index (χ3n) is 3.19. The Bertz CT molecular complexity index is 871. The van der Waals surface area contributed by atoms with Gasteiger partial charge in [0.05, 0.1) is 4.90 Å². The molecule has 0 spiro atoms. The molecule has 0 fully saturated rings. The molecule has 0 unspecified atom stereocenters. The Kier molecular flexibility index (Phi) is 4.19. The quantitative estimate of drug-likeness (QED) is 0.397. The summed E-state index contributed by atoms with van der Waals surface area (Å²) in [6.45, 7) is 0. The van der Waals surface area contributed by atoms with Gasteiger partial charge in [0.25, 0.3) is 0 Å². The Morgan fingerprint density at radius 2 is 1.24 bits per heavy atom. The molecule has 0 aromatic heterocycles. The molecule has 1 aliphatic rings. The Labute approximate surface area is 143 Å². The normalized spacial score (nSPS) is 13.2. The minimum absolute atomic E-state index is 0. The van der Waals surface area contributed by atoms with Gasteiger partial charge in [0.15, 0.2) is 11.6 Å². The third kappa shape index (κ3) is 2.61. The summed E-state index contributed by atoms with van der Waals surface area (Å²) in [6.07, 6.45) is 0. The van der Waals surface area contributed by atoms with E-state index in [1.165, 1.54) is 18.2 Å². The van der Waals surface area contributed by atoms with Gasteiger partial charge in [0, 0.05) is 22.3 Å². The first-order valence-corrected chi connectivity index (χ1v) is 7.09. The van der Waals surface area contributed by atoms with Gasteiger partial charge >= 0.3 is 29.6 Å². The fourth-order valence-electron chi connectivity index (χ4n) is 2.23. The number of ketones is 2. The number of carbonyl (C=O) groups excluding carboxylic acids is 2. The topological polar surface area (TPSA) is 91.3 Å². The third-order valence-corrected chi connectivity index (χ3v) is 4.02. The Morgan fingerprint density at radius 1 is 0.762 bits per heavy atom. The van der Waals surface area contributed by atoms with Gasteiger partial charge in [-0.25, -0.2) is 8.42 Å². The van der Waals surface area contributed by atoms with E-state index in [0.717, 1.165) is 12.1 Å². The van der Waals surface area contributed by atoms with E-state index in [2.05, 4.69) is 0 Å². The average molecular weight is 310 g/mol. The predicted octanol–water partition coefficient (Wildman–Crippen LogP) is -1.63. The van der Waals surface area contributed by atoms with Crippen molar-refractivity contribution in [1.29, 1.82) is 0 Å². The zero-order chi connectivity index (χ0) is 14.5. The van der Waals surface area contributed by atoms with Crippen LogP contribution < -0.4 is 29.6 Å². The van der Waals surface area contributed by atoms with Crippen LogP contribution in [0.3, 0.4) is 0 Å². The van der Waals surface area contributed by atoms with E-state index < -0.39 is 20.8 Å². The van der Waals surface area contributed by atoms with Crippen LogP contribution in [0.15, 0.2) is 47.4 Å². The fourth-order valence-corrected chi connectivity index (χ4v) is 2.73. The van der Waals surface area contributed by atoms with Gasteiger partial charge in [0.1, 0.15) is 10.1 Å². The molecule has 0 aliphatic heterocycles. The number of rotatable bonds is 1. The van der Waals surface area contributed by atoms with Crippen molar-refractivity contribution < 1.29 is 52.1 Å². The summed E-state index contributed by atoms with van der Waals surface area (Å²) in [5.41, 5.74) is 0.555. The Balaban J connectivity index is 0.00000161. The first kappa shape index (κ1) is 16.1.